The Morgan fingerprint density at radius 1 is 1.28 bits per heavy atom. The van der Waals surface area contributed by atoms with E-state index >= 15 is 0 Å². The van der Waals surface area contributed by atoms with Gasteiger partial charge >= 0.3 is 0 Å². The van der Waals surface area contributed by atoms with Crippen molar-refractivity contribution in [2.45, 2.75) is 44.4 Å². The number of rotatable bonds is 6. The van der Waals surface area contributed by atoms with E-state index in [-0.39, 0.29) is 0 Å². The van der Waals surface area contributed by atoms with Gasteiger partial charge in [-0.15, -0.1) is 0 Å². The van der Waals surface area contributed by atoms with Gasteiger partial charge in [0.2, 0.25) is 6.41 Å². The molecular weight excluding hydrogens is 228 g/mol. The maximum Gasteiger partial charge on any atom is 0.214 e. The first-order valence-electron chi connectivity index (χ1n) is 6.55. The average molecular weight is 250 g/mol. The third-order valence-electron chi connectivity index (χ3n) is 3.47. The fourth-order valence-electron chi connectivity index (χ4n) is 2.39. The van der Waals surface area contributed by atoms with Gasteiger partial charge in [0.1, 0.15) is 0 Å². The summed E-state index contributed by atoms with van der Waals surface area (Å²) in [5, 5.41) is 16.1. The van der Waals surface area contributed by atoms with Crippen molar-refractivity contribution in [3.63, 3.8) is 0 Å². The van der Waals surface area contributed by atoms with E-state index in [1.54, 1.807) is 0 Å². The van der Waals surface area contributed by atoms with Gasteiger partial charge in [0.25, 0.3) is 0 Å². The van der Waals surface area contributed by atoms with Crippen LogP contribution in [0.2, 0.25) is 0 Å². The van der Waals surface area contributed by atoms with E-state index in [1.807, 2.05) is 37.4 Å². The summed E-state index contributed by atoms with van der Waals surface area (Å²) in [4.78, 5) is 0. The summed E-state index contributed by atoms with van der Waals surface area (Å²) in [5.41, 5.74) is 1.07. The second-order valence-corrected chi connectivity index (χ2v) is 4.81. The first-order valence-corrected chi connectivity index (χ1v) is 6.55. The van der Waals surface area contributed by atoms with E-state index in [0.717, 1.165) is 24.8 Å². The number of nitrogens with one attached hydrogen (secondary N) is 2. The van der Waals surface area contributed by atoms with Crippen LogP contribution in [-0.4, -0.2) is 30.7 Å². The zero-order valence-corrected chi connectivity index (χ0v) is 10.8. The number of hydrogen-bond acceptors (Lipinski definition) is 4. The molecule has 0 amide bonds. The molecule has 1 unspecified atom stereocenters. The molecule has 0 radical (unpaired) electrons. The first-order chi connectivity index (χ1) is 8.78. The summed E-state index contributed by atoms with van der Waals surface area (Å²) in [7, 11) is 1.98. The summed E-state index contributed by atoms with van der Waals surface area (Å²) in [6.07, 6.45) is 2.39. The van der Waals surface area contributed by atoms with Crippen LogP contribution in [0.5, 0.6) is 0 Å². The number of ether oxygens (including phenoxy) is 1. The number of hydrogen-bond donors (Lipinski definition) is 3. The Kier molecular flexibility index (Phi) is 5.13. The van der Waals surface area contributed by atoms with E-state index in [1.165, 1.54) is 0 Å². The molecule has 3 atom stereocenters. The van der Waals surface area contributed by atoms with Crippen molar-refractivity contribution >= 4 is 0 Å². The first kappa shape index (κ1) is 13.5. The van der Waals surface area contributed by atoms with E-state index in [9.17, 15) is 5.11 Å². The van der Waals surface area contributed by atoms with Gasteiger partial charge in [-0.1, -0.05) is 30.3 Å². The quantitative estimate of drug-likeness (QED) is 0.664. The molecule has 18 heavy (non-hydrogen) atoms. The molecule has 1 aliphatic carbocycles. The lowest BCUT2D eigenvalue weighted by atomic mass is 10.2. The van der Waals surface area contributed by atoms with Crippen LogP contribution in [0, 0.1) is 0 Å². The Hall–Kier alpha value is -0.940. The Labute approximate surface area is 108 Å². The molecule has 1 aromatic rings. The summed E-state index contributed by atoms with van der Waals surface area (Å²) in [6, 6.07) is 10.8. The molecule has 0 bridgehead atoms. The van der Waals surface area contributed by atoms with Crippen LogP contribution in [0.15, 0.2) is 30.3 Å². The third-order valence-corrected chi connectivity index (χ3v) is 3.47. The van der Waals surface area contributed by atoms with Crippen molar-refractivity contribution in [1.82, 2.24) is 10.6 Å². The molecule has 0 aromatic heterocycles. The Morgan fingerprint density at radius 3 is 2.67 bits per heavy atom. The highest BCUT2D eigenvalue weighted by Crippen LogP contribution is 2.19. The van der Waals surface area contributed by atoms with Crippen molar-refractivity contribution in [3.8, 4) is 0 Å². The predicted molar refractivity (Wildman–Crippen MR) is 70.9 cm³/mol. The molecule has 4 nitrogen and oxygen atoms in total. The van der Waals surface area contributed by atoms with Gasteiger partial charge in [0.05, 0.1) is 6.61 Å². The van der Waals surface area contributed by atoms with Crippen molar-refractivity contribution in [2.24, 2.45) is 0 Å². The second kappa shape index (κ2) is 6.85. The van der Waals surface area contributed by atoms with Crippen LogP contribution in [0.25, 0.3) is 0 Å². The molecule has 0 aliphatic heterocycles. The minimum absolute atomic E-state index is 0.341. The minimum Gasteiger partial charge on any atom is -0.356 e. The summed E-state index contributed by atoms with van der Waals surface area (Å²) >= 11 is 0. The van der Waals surface area contributed by atoms with Gasteiger partial charge in [-0.3, -0.25) is 5.32 Å². The number of benzene rings is 1. The van der Waals surface area contributed by atoms with Crippen LogP contribution < -0.4 is 10.6 Å². The molecule has 0 spiro atoms. The molecule has 4 heteroatoms. The zero-order chi connectivity index (χ0) is 12.8. The van der Waals surface area contributed by atoms with Crippen LogP contribution in [0.4, 0.5) is 0 Å². The van der Waals surface area contributed by atoms with Crippen LogP contribution in [0.3, 0.4) is 0 Å². The molecular formula is C14H22N2O2. The highest BCUT2D eigenvalue weighted by Gasteiger charge is 2.24. The van der Waals surface area contributed by atoms with Crippen molar-refractivity contribution in [3.05, 3.63) is 35.9 Å². The van der Waals surface area contributed by atoms with Crippen LogP contribution >= 0.6 is 0 Å². The topological polar surface area (TPSA) is 53.5 Å². The lowest BCUT2D eigenvalue weighted by Gasteiger charge is -2.19. The largest absolute Gasteiger partial charge is 0.356 e. The fraction of sp³-hybridized carbons (Fsp3) is 0.571. The van der Waals surface area contributed by atoms with Crippen molar-refractivity contribution in [2.75, 3.05) is 7.05 Å². The fourth-order valence-corrected chi connectivity index (χ4v) is 2.39. The normalized spacial score (nSPS) is 25.2. The van der Waals surface area contributed by atoms with E-state index < -0.39 is 6.41 Å². The molecule has 0 heterocycles. The highest BCUT2D eigenvalue weighted by molar-refractivity contribution is 5.13. The van der Waals surface area contributed by atoms with Gasteiger partial charge in [0.15, 0.2) is 0 Å². The van der Waals surface area contributed by atoms with Crippen LogP contribution in [0.1, 0.15) is 24.8 Å². The van der Waals surface area contributed by atoms with Crippen molar-refractivity contribution < 1.29 is 9.84 Å². The smallest absolute Gasteiger partial charge is 0.214 e. The molecule has 0 saturated heterocycles. The van der Waals surface area contributed by atoms with Gasteiger partial charge in [0, 0.05) is 12.1 Å². The van der Waals surface area contributed by atoms with E-state index in [0.29, 0.717) is 18.7 Å². The highest BCUT2D eigenvalue weighted by atomic mass is 16.6. The number of aliphatic hydroxyl groups excluding tert-OH is 1. The Morgan fingerprint density at radius 2 is 2.00 bits per heavy atom. The van der Waals surface area contributed by atoms with Gasteiger partial charge in [-0.2, -0.15) is 0 Å². The lowest BCUT2D eigenvalue weighted by molar-refractivity contribution is -0.133. The third kappa shape index (κ3) is 4.07. The summed E-state index contributed by atoms with van der Waals surface area (Å²) in [5.74, 6) is 0. The Balaban J connectivity index is 1.68. The predicted octanol–water partition coefficient (Wildman–Crippen LogP) is 1.21. The van der Waals surface area contributed by atoms with Gasteiger partial charge in [-0.05, 0) is 31.9 Å². The van der Waals surface area contributed by atoms with Gasteiger partial charge < -0.3 is 15.2 Å². The van der Waals surface area contributed by atoms with Gasteiger partial charge in [-0.25, -0.2) is 0 Å². The molecule has 1 fully saturated rings. The molecule has 3 N–H and O–H groups in total. The Bertz CT molecular complexity index is 345. The average Bonchev–Trinajstić information content (AvgIpc) is 2.85. The van der Waals surface area contributed by atoms with E-state index in [4.69, 9.17) is 4.74 Å². The zero-order valence-electron chi connectivity index (χ0n) is 10.8. The molecule has 100 valence electrons. The molecule has 1 saturated carbocycles. The SMILES string of the molecule is CN[C@@H]1CC[C@H](NC(O)OCc2ccccc2)C1. The van der Waals surface area contributed by atoms with E-state index in [2.05, 4.69) is 10.6 Å². The lowest BCUT2D eigenvalue weighted by Crippen LogP contribution is -2.39. The second-order valence-electron chi connectivity index (χ2n) is 4.81. The molecule has 1 aromatic carbocycles. The standard InChI is InChI=1S/C14H22N2O2/c1-15-12-7-8-13(9-12)16-14(17)18-10-11-5-3-2-4-6-11/h2-6,12-17H,7-10H2,1H3/t12-,13+,14?/m1/s1. The molecule has 2 rings (SSSR count). The summed E-state index contributed by atoms with van der Waals surface area (Å²) in [6.45, 7) is 0.428. The molecule has 1 aliphatic rings. The minimum atomic E-state index is -0.884. The number of aliphatic hydroxyl groups is 1. The van der Waals surface area contributed by atoms with Crippen molar-refractivity contribution in [1.29, 1.82) is 0 Å². The maximum atomic E-state index is 9.78. The summed E-state index contributed by atoms with van der Waals surface area (Å²) < 4.78 is 5.38. The maximum absolute atomic E-state index is 9.78. The monoisotopic (exact) mass is 250 g/mol. The van der Waals surface area contributed by atoms with Crippen LogP contribution in [-0.2, 0) is 11.3 Å².